The van der Waals surface area contributed by atoms with Crippen molar-refractivity contribution in [3.63, 3.8) is 0 Å². The molecular weight excluding hydrogens is 314 g/mol. The molecule has 0 radical (unpaired) electrons. The SMILES string of the molecule is CCNC(=NCCc1ccc(NC(C)=O)cc1)NCCn1cccc1. The fourth-order valence-corrected chi connectivity index (χ4v) is 2.42. The smallest absolute Gasteiger partial charge is 0.221 e. The first-order valence-electron chi connectivity index (χ1n) is 8.67. The fourth-order valence-electron chi connectivity index (χ4n) is 2.42. The van der Waals surface area contributed by atoms with Gasteiger partial charge in [-0.05, 0) is 43.2 Å². The molecule has 0 saturated heterocycles. The van der Waals surface area contributed by atoms with Crippen molar-refractivity contribution in [2.45, 2.75) is 26.8 Å². The van der Waals surface area contributed by atoms with Crippen LogP contribution in [0, 0.1) is 0 Å². The van der Waals surface area contributed by atoms with Gasteiger partial charge in [-0.2, -0.15) is 0 Å². The Morgan fingerprint density at radius 1 is 1.12 bits per heavy atom. The van der Waals surface area contributed by atoms with Crippen LogP contribution in [0.1, 0.15) is 19.4 Å². The first kappa shape index (κ1) is 18.6. The quantitative estimate of drug-likeness (QED) is 0.509. The van der Waals surface area contributed by atoms with Gasteiger partial charge in [-0.3, -0.25) is 9.79 Å². The van der Waals surface area contributed by atoms with Gasteiger partial charge in [-0.1, -0.05) is 12.1 Å². The molecule has 0 saturated carbocycles. The highest BCUT2D eigenvalue weighted by atomic mass is 16.1. The van der Waals surface area contributed by atoms with E-state index >= 15 is 0 Å². The molecule has 1 aromatic heterocycles. The highest BCUT2D eigenvalue weighted by molar-refractivity contribution is 5.88. The van der Waals surface area contributed by atoms with Crippen molar-refractivity contribution < 1.29 is 4.79 Å². The van der Waals surface area contributed by atoms with Gasteiger partial charge < -0.3 is 20.5 Å². The average Bonchev–Trinajstić information content (AvgIpc) is 3.09. The standard InChI is InChI=1S/C19H27N5O/c1-3-20-19(22-12-15-24-13-4-5-14-24)21-11-10-17-6-8-18(9-7-17)23-16(2)25/h4-9,13-14H,3,10-12,15H2,1-2H3,(H,23,25)(H2,20,21,22). The second kappa shape index (κ2) is 10.2. The summed E-state index contributed by atoms with van der Waals surface area (Å²) in [6.45, 7) is 6.84. The summed E-state index contributed by atoms with van der Waals surface area (Å²) in [4.78, 5) is 15.6. The Bertz CT molecular complexity index is 662. The Kier molecular flexibility index (Phi) is 7.56. The molecule has 1 amide bonds. The molecule has 1 heterocycles. The number of hydrogen-bond acceptors (Lipinski definition) is 2. The largest absolute Gasteiger partial charge is 0.357 e. The molecule has 1 aromatic carbocycles. The molecule has 2 rings (SSSR count). The zero-order valence-electron chi connectivity index (χ0n) is 15.0. The summed E-state index contributed by atoms with van der Waals surface area (Å²) in [6, 6.07) is 11.9. The first-order valence-corrected chi connectivity index (χ1v) is 8.67. The van der Waals surface area contributed by atoms with E-state index in [0.29, 0.717) is 6.54 Å². The second-order valence-electron chi connectivity index (χ2n) is 5.74. The van der Waals surface area contributed by atoms with Crippen LogP contribution in [0.3, 0.4) is 0 Å². The van der Waals surface area contributed by atoms with Crippen molar-refractivity contribution in [1.82, 2.24) is 15.2 Å². The molecule has 2 aromatic rings. The van der Waals surface area contributed by atoms with Gasteiger partial charge in [0, 0.05) is 51.2 Å². The number of guanidine groups is 1. The predicted molar refractivity (Wildman–Crippen MR) is 103 cm³/mol. The third-order valence-electron chi connectivity index (χ3n) is 3.62. The molecule has 3 N–H and O–H groups in total. The van der Waals surface area contributed by atoms with E-state index in [9.17, 15) is 4.79 Å². The number of benzene rings is 1. The minimum absolute atomic E-state index is 0.0568. The van der Waals surface area contributed by atoms with Crippen LogP contribution in [-0.4, -0.2) is 36.1 Å². The minimum Gasteiger partial charge on any atom is -0.357 e. The summed E-state index contributed by atoms with van der Waals surface area (Å²) in [5, 5.41) is 9.38. The monoisotopic (exact) mass is 341 g/mol. The third kappa shape index (κ3) is 7.12. The van der Waals surface area contributed by atoms with Gasteiger partial charge in [0.25, 0.3) is 0 Å². The lowest BCUT2D eigenvalue weighted by molar-refractivity contribution is -0.114. The zero-order chi connectivity index (χ0) is 17.9. The van der Waals surface area contributed by atoms with Crippen LogP contribution in [0.4, 0.5) is 5.69 Å². The Balaban J connectivity index is 1.78. The number of nitrogens with zero attached hydrogens (tertiary/aromatic N) is 2. The number of aliphatic imine (C=N–C) groups is 1. The van der Waals surface area contributed by atoms with Crippen molar-refractivity contribution in [2.24, 2.45) is 4.99 Å². The van der Waals surface area contributed by atoms with Gasteiger partial charge in [-0.25, -0.2) is 0 Å². The number of aromatic nitrogens is 1. The number of carbonyl (C=O) groups excluding carboxylic acids is 1. The molecule has 0 unspecified atom stereocenters. The molecule has 0 spiro atoms. The van der Waals surface area contributed by atoms with Gasteiger partial charge in [0.2, 0.25) is 5.91 Å². The van der Waals surface area contributed by atoms with Crippen molar-refractivity contribution in [3.8, 4) is 0 Å². The minimum atomic E-state index is -0.0568. The van der Waals surface area contributed by atoms with Gasteiger partial charge >= 0.3 is 0 Å². The van der Waals surface area contributed by atoms with E-state index in [0.717, 1.165) is 37.7 Å². The van der Waals surface area contributed by atoms with Gasteiger partial charge in [0.1, 0.15) is 0 Å². The molecule has 6 heteroatoms. The Morgan fingerprint density at radius 3 is 2.48 bits per heavy atom. The maximum Gasteiger partial charge on any atom is 0.221 e. The molecule has 0 fully saturated rings. The average molecular weight is 341 g/mol. The van der Waals surface area contributed by atoms with Gasteiger partial charge in [0.15, 0.2) is 5.96 Å². The molecule has 0 aliphatic rings. The topological polar surface area (TPSA) is 70.4 Å². The van der Waals surface area contributed by atoms with Crippen LogP contribution in [-0.2, 0) is 17.8 Å². The van der Waals surface area contributed by atoms with E-state index in [1.807, 2.05) is 36.4 Å². The molecule has 6 nitrogen and oxygen atoms in total. The van der Waals surface area contributed by atoms with Crippen LogP contribution in [0.5, 0.6) is 0 Å². The first-order chi connectivity index (χ1) is 12.2. The molecule has 0 aliphatic heterocycles. The molecule has 134 valence electrons. The summed E-state index contributed by atoms with van der Waals surface area (Å²) in [6.07, 6.45) is 4.96. The van der Waals surface area contributed by atoms with Crippen molar-refractivity contribution in [1.29, 1.82) is 0 Å². The van der Waals surface area contributed by atoms with Crippen molar-refractivity contribution in [3.05, 3.63) is 54.4 Å². The number of rotatable bonds is 8. The van der Waals surface area contributed by atoms with Crippen molar-refractivity contribution >= 4 is 17.6 Å². The maximum absolute atomic E-state index is 11.0. The normalized spacial score (nSPS) is 11.2. The number of carbonyl (C=O) groups is 1. The molecule has 25 heavy (non-hydrogen) atoms. The number of anilines is 1. The van der Waals surface area contributed by atoms with Crippen LogP contribution < -0.4 is 16.0 Å². The van der Waals surface area contributed by atoms with E-state index in [1.54, 1.807) is 0 Å². The van der Waals surface area contributed by atoms with Crippen LogP contribution >= 0.6 is 0 Å². The molecule has 0 aliphatic carbocycles. The van der Waals surface area contributed by atoms with E-state index in [4.69, 9.17) is 0 Å². The van der Waals surface area contributed by atoms with Crippen molar-refractivity contribution in [2.75, 3.05) is 25.0 Å². The van der Waals surface area contributed by atoms with Gasteiger partial charge in [0.05, 0.1) is 0 Å². The zero-order valence-corrected chi connectivity index (χ0v) is 15.0. The van der Waals surface area contributed by atoms with Crippen LogP contribution in [0.2, 0.25) is 0 Å². The molecule has 0 bridgehead atoms. The highest BCUT2D eigenvalue weighted by Crippen LogP contribution is 2.09. The summed E-state index contributed by atoms with van der Waals surface area (Å²) in [5.74, 6) is 0.781. The third-order valence-corrected chi connectivity index (χ3v) is 3.62. The lowest BCUT2D eigenvalue weighted by atomic mass is 10.1. The summed E-state index contributed by atoms with van der Waals surface area (Å²) in [7, 11) is 0. The van der Waals surface area contributed by atoms with Gasteiger partial charge in [-0.15, -0.1) is 0 Å². The number of nitrogens with one attached hydrogen (secondary N) is 3. The lowest BCUT2D eigenvalue weighted by Gasteiger charge is -2.11. The lowest BCUT2D eigenvalue weighted by Crippen LogP contribution is -2.39. The number of hydrogen-bond donors (Lipinski definition) is 3. The van der Waals surface area contributed by atoms with Crippen LogP contribution in [0.15, 0.2) is 53.8 Å². The Hall–Kier alpha value is -2.76. The Morgan fingerprint density at radius 2 is 1.84 bits per heavy atom. The summed E-state index contributed by atoms with van der Waals surface area (Å²) in [5.41, 5.74) is 2.01. The fraction of sp³-hybridized carbons (Fsp3) is 0.368. The summed E-state index contributed by atoms with van der Waals surface area (Å²) < 4.78 is 2.13. The van der Waals surface area contributed by atoms with E-state index in [-0.39, 0.29) is 5.91 Å². The summed E-state index contributed by atoms with van der Waals surface area (Å²) >= 11 is 0. The number of amides is 1. The Labute approximate surface area is 149 Å². The predicted octanol–water partition coefficient (Wildman–Crippen LogP) is 2.24. The second-order valence-corrected chi connectivity index (χ2v) is 5.74. The van der Waals surface area contributed by atoms with E-state index < -0.39 is 0 Å². The molecular formula is C19H27N5O. The molecule has 0 atom stereocenters. The maximum atomic E-state index is 11.0. The van der Waals surface area contributed by atoms with Crippen LogP contribution in [0.25, 0.3) is 0 Å². The highest BCUT2D eigenvalue weighted by Gasteiger charge is 1.99. The van der Waals surface area contributed by atoms with E-state index in [2.05, 4.69) is 44.8 Å². The van der Waals surface area contributed by atoms with E-state index in [1.165, 1.54) is 12.5 Å².